The molecule has 0 fully saturated rings. The van der Waals surface area contributed by atoms with Gasteiger partial charge >= 0.3 is 0 Å². The maximum Gasteiger partial charge on any atom is 0.257 e. The number of carbonyl (C=O) groups excluding carboxylic acids is 1. The van der Waals surface area contributed by atoms with E-state index in [9.17, 15) is 4.79 Å². The number of amides is 1. The molecule has 126 valence electrons. The Labute approximate surface area is 148 Å². The van der Waals surface area contributed by atoms with Crippen molar-refractivity contribution in [1.29, 1.82) is 0 Å². The highest BCUT2D eigenvalue weighted by molar-refractivity contribution is 5.96. The number of fused-ring (bicyclic) bond motifs is 3. The van der Waals surface area contributed by atoms with E-state index in [-0.39, 0.29) is 11.3 Å². The van der Waals surface area contributed by atoms with Crippen molar-refractivity contribution in [3.63, 3.8) is 0 Å². The van der Waals surface area contributed by atoms with Gasteiger partial charge in [-0.2, -0.15) is 0 Å². The molecule has 0 saturated heterocycles. The molecule has 1 aliphatic rings. The highest BCUT2D eigenvalue weighted by atomic mass is 16.2. The number of H-pyrrole nitrogens is 1. The molecule has 3 nitrogen and oxygen atoms in total. The van der Waals surface area contributed by atoms with Crippen LogP contribution >= 0.6 is 0 Å². The fourth-order valence-corrected chi connectivity index (χ4v) is 3.74. The minimum atomic E-state index is -0.154. The third kappa shape index (κ3) is 2.66. The largest absolute Gasteiger partial charge is 0.355 e. The van der Waals surface area contributed by atoms with E-state index in [0.717, 1.165) is 22.3 Å². The number of aryl methyl sites for hydroxylation is 1. The number of nitrogens with one attached hydrogen (secondary N) is 1. The summed E-state index contributed by atoms with van der Waals surface area (Å²) in [6.45, 7) is 7.08. The third-order valence-corrected chi connectivity index (χ3v) is 4.96. The summed E-state index contributed by atoms with van der Waals surface area (Å²) in [5, 5.41) is 1.23. The van der Waals surface area contributed by atoms with Crippen molar-refractivity contribution in [2.45, 2.75) is 26.2 Å². The second-order valence-electron chi connectivity index (χ2n) is 7.46. The molecule has 1 amide bonds. The zero-order valence-electron chi connectivity index (χ0n) is 14.8. The van der Waals surface area contributed by atoms with Gasteiger partial charge in [0, 0.05) is 40.3 Å². The normalized spacial score (nSPS) is 15.9. The standard InChI is InChI=1S/C22H22N2O/c1-15-8-10-16(11-9-15)21(25)24-13-12-19-20(22(2,3)14-24)17-6-4-5-7-18(17)23-19/h4-13,23H,14H2,1-3H3. The Hall–Kier alpha value is -2.81. The Morgan fingerprint density at radius 2 is 1.80 bits per heavy atom. The second-order valence-corrected chi connectivity index (χ2v) is 7.46. The van der Waals surface area contributed by atoms with Gasteiger partial charge < -0.3 is 9.88 Å². The van der Waals surface area contributed by atoms with Crippen molar-refractivity contribution in [2.24, 2.45) is 0 Å². The molecule has 0 radical (unpaired) electrons. The maximum atomic E-state index is 13.0. The van der Waals surface area contributed by atoms with Gasteiger partial charge in [0.1, 0.15) is 0 Å². The van der Waals surface area contributed by atoms with Gasteiger partial charge in [0.05, 0.1) is 0 Å². The van der Waals surface area contributed by atoms with Crippen molar-refractivity contribution in [2.75, 3.05) is 6.54 Å². The smallest absolute Gasteiger partial charge is 0.257 e. The van der Waals surface area contributed by atoms with Crippen molar-refractivity contribution in [3.05, 3.63) is 77.1 Å². The van der Waals surface area contributed by atoms with E-state index in [0.29, 0.717) is 6.54 Å². The number of hydrogen-bond acceptors (Lipinski definition) is 1. The lowest BCUT2D eigenvalue weighted by atomic mass is 9.82. The number of aromatic nitrogens is 1. The lowest BCUT2D eigenvalue weighted by Gasteiger charge is -2.29. The highest BCUT2D eigenvalue weighted by Crippen LogP contribution is 2.37. The van der Waals surface area contributed by atoms with Gasteiger partial charge in [-0.05, 0) is 36.8 Å². The van der Waals surface area contributed by atoms with Crippen LogP contribution in [0.2, 0.25) is 0 Å². The summed E-state index contributed by atoms with van der Waals surface area (Å²) in [5.74, 6) is 0.0405. The van der Waals surface area contributed by atoms with Crippen LogP contribution in [0.15, 0.2) is 54.7 Å². The lowest BCUT2D eigenvalue weighted by molar-refractivity contribution is 0.0801. The molecule has 25 heavy (non-hydrogen) atoms. The van der Waals surface area contributed by atoms with Gasteiger partial charge in [-0.15, -0.1) is 0 Å². The number of aromatic amines is 1. The summed E-state index contributed by atoms with van der Waals surface area (Å²) in [5.41, 5.74) is 5.23. The summed E-state index contributed by atoms with van der Waals surface area (Å²) >= 11 is 0. The van der Waals surface area contributed by atoms with Crippen LogP contribution in [0.25, 0.3) is 17.0 Å². The maximum absolute atomic E-state index is 13.0. The summed E-state index contributed by atoms with van der Waals surface area (Å²) in [6.07, 6.45) is 3.93. The van der Waals surface area contributed by atoms with E-state index >= 15 is 0 Å². The molecule has 0 spiro atoms. The van der Waals surface area contributed by atoms with Crippen LogP contribution in [-0.4, -0.2) is 22.3 Å². The molecular weight excluding hydrogens is 308 g/mol. The van der Waals surface area contributed by atoms with Crippen LogP contribution in [0.1, 0.15) is 41.0 Å². The molecule has 1 aromatic heterocycles. The number of hydrogen-bond donors (Lipinski definition) is 1. The predicted molar refractivity (Wildman–Crippen MR) is 103 cm³/mol. The number of nitrogens with zero attached hydrogens (tertiary/aromatic N) is 1. The van der Waals surface area contributed by atoms with Crippen molar-refractivity contribution >= 4 is 22.9 Å². The Bertz CT molecular complexity index is 977. The average molecular weight is 330 g/mol. The van der Waals surface area contributed by atoms with Gasteiger partial charge in [-0.25, -0.2) is 0 Å². The molecule has 0 atom stereocenters. The van der Waals surface area contributed by atoms with Gasteiger partial charge in [0.2, 0.25) is 0 Å². The minimum Gasteiger partial charge on any atom is -0.355 e. The van der Waals surface area contributed by atoms with Crippen LogP contribution < -0.4 is 0 Å². The van der Waals surface area contributed by atoms with Crippen LogP contribution in [0.5, 0.6) is 0 Å². The first-order valence-electron chi connectivity index (χ1n) is 8.63. The molecule has 3 heteroatoms. The van der Waals surface area contributed by atoms with E-state index < -0.39 is 0 Å². The quantitative estimate of drug-likeness (QED) is 0.678. The number of para-hydroxylation sites is 1. The first kappa shape index (κ1) is 15.7. The van der Waals surface area contributed by atoms with Crippen LogP contribution in [0.3, 0.4) is 0 Å². The summed E-state index contributed by atoms with van der Waals surface area (Å²) in [6, 6.07) is 16.1. The van der Waals surface area contributed by atoms with Crippen molar-refractivity contribution in [3.8, 4) is 0 Å². The molecule has 0 saturated carbocycles. The molecule has 1 N–H and O–H groups in total. The molecule has 0 unspecified atom stereocenters. The fourth-order valence-electron chi connectivity index (χ4n) is 3.74. The van der Waals surface area contributed by atoms with Crippen LogP contribution in [0.4, 0.5) is 0 Å². The minimum absolute atomic E-state index is 0.0405. The monoisotopic (exact) mass is 330 g/mol. The van der Waals surface area contributed by atoms with Gasteiger partial charge in [-0.1, -0.05) is 49.7 Å². The Morgan fingerprint density at radius 3 is 2.56 bits per heavy atom. The first-order valence-corrected chi connectivity index (χ1v) is 8.63. The zero-order valence-corrected chi connectivity index (χ0v) is 14.8. The SMILES string of the molecule is Cc1ccc(C(=O)N2C=Cc3[nH]c4ccccc4c3C(C)(C)C2)cc1. The first-order chi connectivity index (χ1) is 12.0. The molecule has 2 aromatic carbocycles. The Balaban J connectivity index is 1.75. The molecule has 0 bridgehead atoms. The van der Waals surface area contributed by atoms with Crippen LogP contribution in [0, 0.1) is 6.92 Å². The Morgan fingerprint density at radius 1 is 1.08 bits per heavy atom. The summed E-state index contributed by atoms with van der Waals surface area (Å²) < 4.78 is 0. The summed E-state index contributed by atoms with van der Waals surface area (Å²) in [7, 11) is 0. The molecule has 4 rings (SSSR count). The van der Waals surface area contributed by atoms with E-state index in [1.165, 1.54) is 10.9 Å². The predicted octanol–water partition coefficient (Wildman–Crippen LogP) is 4.88. The molecular formula is C22H22N2O. The number of carbonyl (C=O) groups is 1. The van der Waals surface area contributed by atoms with E-state index in [4.69, 9.17) is 0 Å². The fraction of sp³-hybridized carbons (Fsp3) is 0.227. The van der Waals surface area contributed by atoms with E-state index in [2.05, 4.69) is 37.0 Å². The zero-order chi connectivity index (χ0) is 17.6. The highest BCUT2D eigenvalue weighted by Gasteiger charge is 2.32. The van der Waals surface area contributed by atoms with Gasteiger partial charge in [0.15, 0.2) is 0 Å². The number of benzene rings is 2. The number of rotatable bonds is 1. The van der Waals surface area contributed by atoms with E-state index in [1.54, 1.807) is 0 Å². The lowest BCUT2D eigenvalue weighted by Crippen LogP contribution is -2.36. The average Bonchev–Trinajstić information content (AvgIpc) is 2.91. The summed E-state index contributed by atoms with van der Waals surface area (Å²) in [4.78, 5) is 18.3. The van der Waals surface area contributed by atoms with Crippen LogP contribution in [-0.2, 0) is 5.41 Å². The topological polar surface area (TPSA) is 36.1 Å². The second kappa shape index (κ2) is 5.62. The van der Waals surface area contributed by atoms with E-state index in [1.807, 2.05) is 54.4 Å². The van der Waals surface area contributed by atoms with Crippen molar-refractivity contribution in [1.82, 2.24) is 9.88 Å². The molecule has 3 aromatic rings. The molecule has 0 aliphatic carbocycles. The van der Waals surface area contributed by atoms with Gasteiger partial charge in [-0.3, -0.25) is 4.79 Å². The molecule has 2 heterocycles. The molecule has 1 aliphatic heterocycles. The third-order valence-electron chi connectivity index (χ3n) is 4.96. The van der Waals surface area contributed by atoms with Gasteiger partial charge in [0.25, 0.3) is 5.91 Å². The van der Waals surface area contributed by atoms with Crippen molar-refractivity contribution < 1.29 is 4.79 Å². The Kier molecular flexibility index (Phi) is 3.53.